The number of anilines is 1. The van der Waals surface area contributed by atoms with E-state index < -0.39 is 8.95 Å². The number of benzene rings is 4. The Morgan fingerprint density at radius 3 is 1.73 bits per heavy atom. The van der Waals surface area contributed by atoms with E-state index in [4.69, 9.17) is 5.10 Å². The molecule has 0 amide bonds. The average Bonchev–Trinajstić information content (AvgIpc) is 3.43. The van der Waals surface area contributed by atoms with Gasteiger partial charge in [0, 0.05) is 25.9 Å². The molecule has 8 heteroatoms. The number of Topliss-reactive ketones (excluding diaryl/α,β-unsaturated/α-hetero) is 1. The Balaban J connectivity index is 1.64. The molecule has 0 aliphatic carbocycles. The van der Waals surface area contributed by atoms with E-state index >= 15 is 0 Å². The first-order chi connectivity index (χ1) is 17.8. The largest absolute Gasteiger partial charge is 0.292 e. The third-order valence-electron chi connectivity index (χ3n) is 6.52. The van der Waals surface area contributed by atoms with Crippen molar-refractivity contribution in [3.63, 3.8) is 0 Å². The van der Waals surface area contributed by atoms with Crippen molar-refractivity contribution in [2.24, 2.45) is 5.10 Å². The summed E-state index contributed by atoms with van der Waals surface area (Å²) >= 11 is 14.1. The Bertz CT molecular complexity index is 1490. The van der Waals surface area contributed by atoms with Crippen LogP contribution in [0.3, 0.4) is 0 Å². The van der Waals surface area contributed by atoms with Gasteiger partial charge in [0.15, 0.2) is 15.0 Å². The molecule has 0 saturated heterocycles. The van der Waals surface area contributed by atoms with Crippen molar-refractivity contribution in [1.29, 1.82) is 0 Å². The van der Waals surface area contributed by atoms with Gasteiger partial charge < -0.3 is 0 Å². The second-order valence-corrected chi connectivity index (χ2v) is 14.4. The highest BCUT2D eigenvalue weighted by Gasteiger charge is 2.61. The molecule has 0 aromatic heterocycles. The maximum atomic E-state index is 12.7. The summed E-state index contributed by atoms with van der Waals surface area (Å²) in [7, 11) is 0. The molecule has 0 fully saturated rings. The first-order valence-electron chi connectivity index (χ1n) is 11.5. The lowest BCUT2D eigenvalue weighted by atomic mass is 9.82. The van der Waals surface area contributed by atoms with Gasteiger partial charge in [0.1, 0.15) is 0 Å². The highest BCUT2D eigenvalue weighted by atomic mass is 79.9. The molecule has 184 valence electrons. The van der Waals surface area contributed by atoms with Gasteiger partial charge in [-0.2, -0.15) is 5.10 Å². The maximum Gasteiger partial charge on any atom is 0.187 e. The zero-order chi connectivity index (χ0) is 25.8. The number of hydrogen-bond donors (Lipinski definition) is 0. The van der Waals surface area contributed by atoms with Gasteiger partial charge in [-0.1, -0.05) is 120 Å². The van der Waals surface area contributed by atoms with E-state index in [1.807, 2.05) is 41.0 Å². The lowest BCUT2D eigenvalue weighted by Crippen LogP contribution is -2.34. The van der Waals surface area contributed by atoms with Crippen molar-refractivity contribution >= 4 is 87.8 Å². The van der Waals surface area contributed by atoms with Crippen LogP contribution in [0.25, 0.3) is 0 Å². The van der Waals surface area contributed by atoms with Crippen LogP contribution in [-0.2, 0) is 13.7 Å². The van der Waals surface area contributed by atoms with Crippen LogP contribution in [0, 0.1) is 0 Å². The Labute approximate surface area is 249 Å². The Morgan fingerprint density at radius 1 is 0.730 bits per heavy atom. The van der Waals surface area contributed by atoms with E-state index in [-0.39, 0.29) is 5.78 Å². The predicted octanol–water partition coefficient (Wildman–Crippen LogP) is 9.28. The summed E-state index contributed by atoms with van der Waals surface area (Å²) in [5, 5.41) is 7.45. The molecule has 2 aliphatic rings. The minimum absolute atomic E-state index is 0.0353. The minimum atomic E-state index is -0.675. The second-order valence-electron chi connectivity index (χ2n) is 8.78. The third-order valence-corrected chi connectivity index (χ3v) is 11.5. The van der Waals surface area contributed by atoms with Crippen molar-refractivity contribution in [2.75, 3.05) is 5.01 Å². The summed E-state index contributed by atoms with van der Waals surface area (Å²) in [5.74, 6) is -0.0353. The van der Waals surface area contributed by atoms with Gasteiger partial charge in [0.05, 0.1) is 10.4 Å². The molecule has 0 unspecified atom stereocenters. The van der Waals surface area contributed by atoms with Gasteiger partial charge in [0.25, 0.3) is 0 Å². The fraction of sp³-hybridized carbons (Fsp3) is 0.103. The molecule has 1 spiro atoms. The minimum Gasteiger partial charge on any atom is -0.292 e. The van der Waals surface area contributed by atoms with Crippen LogP contribution in [0.5, 0.6) is 0 Å². The smallest absolute Gasteiger partial charge is 0.187 e. The summed E-state index contributed by atoms with van der Waals surface area (Å²) in [4.78, 5) is 12.7. The summed E-state index contributed by atoms with van der Waals surface area (Å²) < 4.78 is 1.85. The Morgan fingerprint density at radius 2 is 1.22 bits per heavy atom. The van der Waals surface area contributed by atoms with Crippen molar-refractivity contribution in [3.05, 3.63) is 133 Å². The Kier molecular flexibility index (Phi) is 6.68. The molecule has 0 radical (unpaired) electrons. The van der Waals surface area contributed by atoms with Crippen molar-refractivity contribution < 1.29 is 4.79 Å². The highest BCUT2D eigenvalue weighted by Crippen LogP contribution is 2.70. The molecule has 2 heterocycles. The highest BCUT2D eigenvalue weighted by molar-refractivity contribution is 9.11. The van der Waals surface area contributed by atoms with Crippen LogP contribution >= 0.6 is 71.3 Å². The molecule has 6 rings (SSSR count). The van der Waals surface area contributed by atoms with Gasteiger partial charge in [-0.25, -0.2) is 5.01 Å². The number of nitrogens with zero attached hydrogens (tertiary/aromatic N) is 2. The first-order valence-corrected chi connectivity index (χ1v) is 15.5. The van der Waals surface area contributed by atoms with Crippen LogP contribution in [0.2, 0.25) is 0 Å². The van der Waals surface area contributed by atoms with Crippen molar-refractivity contribution in [2.45, 2.75) is 15.9 Å². The molecule has 4 aromatic rings. The SMILES string of the molecule is CC(=O)C1=NN(c2ccc(Br)cc2)[C@]2(S1)SC(c1ccc(Br)cc1)(c1ccc(Br)cc1)c1ccccc12. The number of carbonyl (C=O) groups excluding carboxylic acids is 1. The number of ketones is 1. The Hall–Kier alpha value is -1.84. The molecule has 37 heavy (non-hydrogen) atoms. The molecule has 4 aromatic carbocycles. The zero-order valence-corrected chi connectivity index (χ0v) is 25.9. The number of carbonyl (C=O) groups is 1. The molecular weight excluding hydrogens is 696 g/mol. The van der Waals surface area contributed by atoms with Gasteiger partial charge in [-0.3, -0.25) is 4.79 Å². The van der Waals surface area contributed by atoms with E-state index in [9.17, 15) is 4.79 Å². The molecule has 1 atom stereocenters. The summed E-state index contributed by atoms with van der Waals surface area (Å²) in [6.07, 6.45) is 0. The normalized spacial score (nSPS) is 19.7. The first kappa shape index (κ1) is 25.4. The van der Waals surface area contributed by atoms with Crippen LogP contribution in [0.1, 0.15) is 29.2 Å². The van der Waals surface area contributed by atoms with E-state index in [0.29, 0.717) is 5.04 Å². The van der Waals surface area contributed by atoms with Crippen molar-refractivity contribution in [1.82, 2.24) is 0 Å². The lowest BCUT2D eigenvalue weighted by molar-refractivity contribution is -0.110. The predicted molar refractivity (Wildman–Crippen MR) is 166 cm³/mol. The number of fused-ring (bicyclic) bond motifs is 2. The summed E-state index contributed by atoms with van der Waals surface area (Å²) in [6.45, 7) is 1.59. The van der Waals surface area contributed by atoms with Gasteiger partial charge in [-0.05, 0) is 65.2 Å². The van der Waals surface area contributed by atoms with Gasteiger partial charge >= 0.3 is 0 Å². The van der Waals surface area contributed by atoms with Crippen LogP contribution in [-0.4, -0.2) is 10.8 Å². The number of halogens is 3. The van der Waals surface area contributed by atoms with Crippen LogP contribution in [0.15, 0.2) is 116 Å². The monoisotopic (exact) mass is 712 g/mol. The quantitative estimate of drug-likeness (QED) is 0.211. The molecule has 3 nitrogen and oxygen atoms in total. The van der Waals surface area contributed by atoms with E-state index in [0.717, 1.165) is 24.7 Å². The van der Waals surface area contributed by atoms with Gasteiger partial charge in [0.2, 0.25) is 0 Å². The molecule has 0 bridgehead atoms. The molecular formula is C29H19Br3N2OS2. The molecule has 2 aliphatic heterocycles. The average molecular weight is 715 g/mol. The van der Waals surface area contributed by atoms with Crippen LogP contribution in [0.4, 0.5) is 5.69 Å². The third kappa shape index (κ3) is 4.16. The fourth-order valence-electron chi connectivity index (χ4n) is 4.88. The number of rotatable bonds is 4. The summed E-state index contributed by atoms with van der Waals surface area (Å²) in [6, 6.07) is 33.8. The fourth-order valence-corrected chi connectivity index (χ4v) is 9.24. The van der Waals surface area contributed by atoms with Gasteiger partial charge in [-0.15, -0.1) is 0 Å². The van der Waals surface area contributed by atoms with E-state index in [1.54, 1.807) is 6.92 Å². The number of hydrazone groups is 1. The molecule has 0 N–H and O–H groups in total. The lowest BCUT2D eigenvalue weighted by Gasteiger charge is -2.37. The standard InChI is InChI=1S/C29H19Br3N2OS2/c1-18(35)27-33-34(24-16-14-23(32)15-17-24)29(36-27)26-5-3-2-4-25(26)28(37-29,19-6-10-21(30)11-7-19)20-8-12-22(31)13-9-20/h2-17H,1H3/t29-/m1/s1. The van der Waals surface area contributed by atoms with E-state index in [2.05, 4.69) is 121 Å². The van der Waals surface area contributed by atoms with E-state index in [1.165, 1.54) is 28.5 Å². The molecule has 0 saturated carbocycles. The number of hydrogen-bond acceptors (Lipinski definition) is 5. The maximum absolute atomic E-state index is 12.7. The van der Waals surface area contributed by atoms with Crippen molar-refractivity contribution in [3.8, 4) is 0 Å². The number of thioether (sulfide) groups is 2. The topological polar surface area (TPSA) is 32.7 Å². The zero-order valence-electron chi connectivity index (χ0n) is 19.5. The summed E-state index contributed by atoms with van der Waals surface area (Å²) in [5.41, 5.74) is 5.59. The second kappa shape index (κ2) is 9.72. The van der Waals surface area contributed by atoms with Crippen LogP contribution < -0.4 is 5.01 Å².